The largest absolute Gasteiger partial charge is 0.204 e. The molecule has 0 bridgehead atoms. The van der Waals surface area contributed by atoms with E-state index in [0.29, 0.717) is 11.1 Å². The molecule has 0 saturated carbocycles. The zero-order chi connectivity index (χ0) is 25.4. The third-order valence-electron chi connectivity index (χ3n) is 6.95. The first-order chi connectivity index (χ1) is 17.3. The normalized spacial score (nSPS) is 11.1. The van der Waals surface area contributed by atoms with E-state index in [1.807, 2.05) is 50.2 Å². The average molecular weight is 475 g/mol. The number of halogens is 2. The highest BCUT2D eigenvalue weighted by molar-refractivity contribution is 5.89. The molecule has 0 nitrogen and oxygen atoms in total. The molecule has 5 rings (SSSR count). The van der Waals surface area contributed by atoms with Crippen molar-refractivity contribution >= 4 is 0 Å². The molecule has 0 heterocycles. The van der Waals surface area contributed by atoms with E-state index in [0.717, 1.165) is 55.6 Å². The lowest BCUT2D eigenvalue weighted by atomic mass is 9.85. The molecule has 0 atom stereocenters. The van der Waals surface area contributed by atoms with Crippen molar-refractivity contribution in [3.8, 4) is 44.5 Å². The third kappa shape index (κ3) is 4.35. The molecule has 5 aromatic rings. The second-order valence-electron chi connectivity index (χ2n) is 9.51. The molecule has 0 aliphatic carbocycles. The fraction of sp³-hybridized carbons (Fsp3) is 0.118. The smallest absolute Gasteiger partial charge is 0.159 e. The Bertz CT molecular complexity index is 1450. The van der Waals surface area contributed by atoms with Crippen LogP contribution in [0.25, 0.3) is 44.5 Å². The molecule has 0 aliphatic heterocycles. The summed E-state index contributed by atoms with van der Waals surface area (Å²) >= 11 is 0. The van der Waals surface area contributed by atoms with Gasteiger partial charge in [0.25, 0.3) is 0 Å². The van der Waals surface area contributed by atoms with E-state index < -0.39 is 11.6 Å². The van der Waals surface area contributed by atoms with Crippen molar-refractivity contribution in [1.82, 2.24) is 0 Å². The van der Waals surface area contributed by atoms with E-state index in [1.165, 1.54) is 12.1 Å². The van der Waals surface area contributed by atoms with Crippen molar-refractivity contribution in [3.05, 3.63) is 131 Å². The molecule has 0 fully saturated rings. The van der Waals surface area contributed by atoms with Crippen LogP contribution in [-0.4, -0.2) is 0 Å². The summed E-state index contributed by atoms with van der Waals surface area (Å²) in [7, 11) is 0. The zero-order valence-corrected chi connectivity index (χ0v) is 21.0. The minimum atomic E-state index is -0.840. The molecule has 0 aromatic heterocycles. The lowest BCUT2D eigenvalue weighted by Crippen LogP contribution is -1.97. The van der Waals surface area contributed by atoms with Crippen LogP contribution in [0.1, 0.15) is 22.3 Å². The maximum Gasteiger partial charge on any atom is 0.159 e. The Morgan fingerprint density at radius 3 is 1.03 bits per heavy atom. The number of benzene rings is 5. The van der Waals surface area contributed by atoms with Crippen LogP contribution in [0.5, 0.6) is 0 Å². The molecule has 0 spiro atoms. The van der Waals surface area contributed by atoms with Gasteiger partial charge in [-0.1, -0.05) is 84.9 Å². The van der Waals surface area contributed by atoms with Gasteiger partial charge in [-0.3, -0.25) is 0 Å². The van der Waals surface area contributed by atoms with Crippen LogP contribution in [0.2, 0.25) is 0 Å². The molecule has 0 radical (unpaired) electrons. The lowest BCUT2D eigenvalue weighted by Gasteiger charge is -2.19. The van der Waals surface area contributed by atoms with Gasteiger partial charge in [0.15, 0.2) is 11.6 Å². The van der Waals surface area contributed by atoms with Gasteiger partial charge < -0.3 is 0 Å². The van der Waals surface area contributed by atoms with Crippen LogP contribution in [0.4, 0.5) is 8.78 Å². The molecule has 0 aliphatic rings. The SMILES string of the molecule is Cc1cc(-c2cc(F)c(F)cc2-c2cc(C)c(-c3ccccc3)cc2C)c(C)cc1-c1ccccc1. The van der Waals surface area contributed by atoms with Crippen molar-refractivity contribution in [2.24, 2.45) is 0 Å². The second-order valence-corrected chi connectivity index (χ2v) is 9.51. The summed E-state index contributed by atoms with van der Waals surface area (Å²) in [5, 5.41) is 0. The first kappa shape index (κ1) is 23.7. The number of hydrogen-bond donors (Lipinski definition) is 0. The van der Waals surface area contributed by atoms with Crippen LogP contribution in [0, 0.1) is 39.3 Å². The molecule has 0 amide bonds. The molecule has 36 heavy (non-hydrogen) atoms. The Morgan fingerprint density at radius 2 is 0.667 bits per heavy atom. The first-order valence-corrected chi connectivity index (χ1v) is 12.2. The van der Waals surface area contributed by atoms with Crippen molar-refractivity contribution in [3.63, 3.8) is 0 Å². The summed E-state index contributed by atoms with van der Waals surface area (Å²) < 4.78 is 29.3. The topological polar surface area (TPSA) is 0 Å². The van der Waals surface area contributed by atoms with Crippen molar-refractivity contribution in [1.29, 1.82) is 0 Å². The maximum absolute atomic E-state index is 14.6. The van der Waals surface area contributed by atoms with Crippen LogP contribution in [-0.2, 0) is 0 Å². The van der Waals surface area contributed by atoms with Gasteiger partial charge in [-0.25, -0.2) is 8.78 Å². The Balaban J connectivity index is 1.70. The molecule has 0 unspecified atom stereocenters. The van der Waals surface area contributed by atoms with Crippen LogP contribution in [0.15, 0.2) is 97.1 Å². The standard InChI is InChI=1S/C34H28F2/c1-21-17-29(23(3)15-27(21)25-11-7-5-8-12-25)31-19-33(35)34(36)20-32(31)30-18-22(2)28(16-24(30)4)26-13-9-6-10-14-26/h5-20H,1-4H3. The lowest BCUT2D eigenvalue weighted by molar-refractivity contribution is 0.509. The van der Waals surface area contributed by atoms with Gasteiger partial charge in [0.1, 0.15) is 0 Å². The number of hydrogen-bond acceptors (Lipinski definition) is 0. The Morgan fingerprint density at radius 1 is 0.361 bits per heavy atom. The summed E-state index contributed by atoms with van der Waals surface area (Å²) in [6, 6.07) is 31.6. The summed E-state index contributed by atoms with van der Waals surface area (Å²) in [5.41, 5.74) is 12.0. The summed E-state index contributed by atoms with van der Waals surface area (Å²) in [6.07, 6.45) is 0. The molecule has 178 valence electrons. The van der Waals surface area contributed by atoms with Gasteiger partial charge in [0, 0.05) is 0 Å². The average Bonchev–Trinajstić information content (AvgIpc) is 2.89. The second kappa shape index (κ2) is 9.54. The highest BCUT2D eigenvalue weighted by Crippen LogP contribution is 2.41. The van der Waals surface area contributed by atoms with Crippen LogP contribution < -0.4 is 0 Å². The molecule has 0 N–H and O–H groups in total. The van der Waals surface area contributed by atoms with Gasteiger partial charge in [0.05, 0.1) is 0 Å². The molecular formula is C34H28F2. The predicted octanol–water partition coefficient (Wildman–Crippen LogP) is 9.87. The molecule has 2 heteroatoms. The van der Waals surface area contributed by atoms with Gasteiger partial charge in [-0.2, -0.15) is 0 Å². The van der Waals surface area contributed by atoms with E-state index in [9.17, 15) is 8.78 Å². The van der Waals surface area contributed by atoms with Crippen LogP contribution in [0.3, 0.4) is 0 Å². The van der Waals surface area contributed by atoms with E-state index in [1.54, 1.807) is 0 Å². The highest BCUT2D eigenvalue weighted by atomic mass is 19.2. The molecule has 5 aromatic carbocycles. The highest BCUT2D eigenvalue weighted by Gasteiger charge is 2.19. The van der Waals surface area contributed by atoms with Gasteiger partial charge in [-0.05, 0) is 107 Å². The molecule has 0 saturated heterocycles. The van der Waals surface area contributed by atoms with Crippen molar-refractivity contribution < 1.29 is 8.78 Å². The van der Waals surface area contributed by atoms with E-state index in [-0.39, 0.29) is 0 Å². The minimum absolute atomic E-state index is 0.698. The fourth-order valence-electron chi connectivity index (χ4n) is 5.06. The van der Waals surface area contributed by atoms with Crippen molar-refractivity contribution in [2.45, 2.75) is 27.7 Å². The van der Waals surface area contributed by atoms with Crippen LogP contribution >= 0.6 is 0 Å². The third-order valence-corrected chi connectivity index (χ3v) is 6.95. The number of rotatable bonds is 4. The summed E-state index contributed by atoms with van der Waals surface area (Å²) in [4.78, 5) is 0. The Kier molecular flexibility index (Phi) is 6.28. The van der Waals surface area contributed by atoms with E-state index >= 15 is 0 Å². The van der Waals surface area contributed by atoms with E-state index in [2.05, 4.69) is 62.4 Å². The molecular weight excluding hydrogens is 446 g/mol. The van der Waals surface area contributed by atoms with Gasteiger partial charge in [-0.15, -0.1) is 0 Å². The Hall–Kier alpha value is -4.04. The summed E-state index contributed by atoms with van der Waals surface area (Å²) in [6.45, 7) is 8.19. The minimum Gasteiger partial charge on any atom is -0.204 e. The van der Waals surface area contributed by atoms with Gasteiger partial charge >= 0.3 is 0 Å². The van der Waals surface area contributed by atoms with Crippen molar-refractivity contribution in [2.75, 3.05) is 0 Å². The summed E-state index contributed by atoms with van der Waals surface area (Å²) in [5.74, 6) is -1.68. The van der Waals surface area contributed by atoms with Gasteiger partial charge in [0.2, 0.25) is 0 Å². The Labute approximate surface area is 211 Å². The predicted molar refractivity (Wildman–Crippen MR) is 147 cm³/mol. The van der Waals surface area contributed by atoms with E-state index in [4.69, 9.17) is 0 Å². The maximum atomic E-state index is 14.6. The number of aryl methyl sites for hydroxylation is 4. The monoisotopic (exact) mass is 474 g/mol. The quantitative estimate of drug-likeness (QED) is 0.243. The zero-order valence-electron chi connectivity index (χ0n) is 21.0. The first-order valence-electron chi connectivity index (χ1n) is 12.2. The fourth-order valence-corrected chi connectivity index (χ4v) is 5.06.